The third kappa shape index (κ3) is 5.30. The number of sulfone groups is 1. The lowest BCUT2D eigenvalue weighted by Crippen LogP contribution is -2.44. The molecule has 1 aromatic carbocycles. The molecule has 4 nitrogen and oxygen atoms in total. The zero-order chi connectivity index (χ0) is 14.5. The highest BCUT2D eigenvalue weighted by molar-refractivity contribution is 7.91. The van der Waals surface area contributed by atoms with E-state index in [1.165, 1.54) is 0 Å². The quantitative estimate of drug-likeness (QED) is 0.798. The highest BCUT2D eigenvalue weighted by Crippen LogP contribution is 2.12. The summed E-state index contributed by atoms with van der Waals surface area (Å²) < 4.78 is 24.1. The zero-order valence-corrected chi connectivity index (χ0v) is 12.6. The molecule has 0 aliphatic heterocycles. The van der Waals surface area contributed by atoms with Crippen LogP contribution in [0.25, 0.3) is 0 Å². The van der Waals surface area contributed by atoms with Crippen LogP contribution in [0.15, 0.2) is 35.2 Å². The van der Waals surface area contributed by atoms with Crippen molar-refractivity contribution in [3.05, 3.63) is 30.3 Å². The van der Waals surface area contributed by atoms with E-state index in [9.17, 15) is 13.5 Å². The minimum Gasteiger partial charge on any atom is -0.391 e. The Labute approximate surface area is 115 Å². The van der Waals surface area contributed by atoms with Crippen LogP contribution in [0.5, 0.6) is 0 Å². The predicted molar refractivity (Wildman–Crippen MR) is 76.9 cm³/mol. The van der Waals surface area contributed by atoms with E-state index in [2.05, 4.69) is 5.32 Å². The number of hydrogen-bond donors (Lipinski definition) is 2. The second-order valence-electron chi connectivity index (χ2n) is 5.37. The van der Waals surface area contributed by atoms with Gasteiger partial charge in [-0.2, -0.15) is 0 Å². The van der Waals surface area contributed by atoms with Crippen molar-refractivity contribution in [2.24, 2.45) is 0 Å². The molecule has 0 heterocycles. The van der Waals surface area contributed by atoms with Gasteiger partial charge in [0, 0.05) is 12.1 Å². The molecule has 0 saturated carbocycles. The molecule has 5 heteroatoms. The van der Waals surface area contributed by atoms with E-state index < -0.39 is 15.9 Å². The molecule has 1 rings (SSSR count). The lowest BCUT2D eigenvalue weighted by molar-refractivity contribution is 0.177. The van der Waals surface area contributed by atoms with Crippen LogP contribution in [0.2, 0.25) is 0 Å². The van der Waals surface area contributed by atoms with Crippen LogP contribution in [0.4, 0.5) is 0 Å². The zero-order valence-electron chi connectivity index (χ0n) is 11.8. The van der Waals surface area contributed by atoms with E-state index in [1.807, 2.05) is 20.8 Å². The number of rotatable bonds is 7. The van der Waals surface area contributed by atoms with E-state index in [4.69, 9.17) is 0 Å². The molecule has 0 fully saturated rings. The van der Waals surface area contributed by atoms with E-state index in [1.54, 1.807) is 30.3 Å². The number of β-amino-alcohol motifs (C(OH)–C–C–N with tert-alkyl or cyclic N) is 1. The SMILES string of the molecule is CCC(C)(C)NCC(O)CS(=O)(=O)c1ccccc1. The van der Waals surface area contributed by atoms with Crippen molar-refractivity contribution in [2.45, 2.75) is 43.7 Å². The molecular weight excluding hydrogens is 262 g/mol. The third-order valence-electron chi connectivity index (χ3n) is 3.21. The summed E-state index contributed by atoms with van der Waals surface area (Å²) in [6.45, 7) is 6.35. The Morgan fingerprint density at radius 3 is 2.37 bits per heavy atom. The van der Waals surface area contributed by atoms with Crippen molar-refractivity contribution in [3.63, 3.8) is 0 Å². The topological polar surface area (TPSA) is 66.4 Å². The Hall–Kier alpha value is -0.910. The van der Waals surface area contributed by atoms with Crippen LogP contribution in [0.3, 0.4) is 0 Å². The molecule has 108 valence electrons. The number of nitrogens with one attached hydrogen (secondary N) is 1. The summed E-state index contributed by atoms with van der Waals surface area (Å²) >= 11 is 0. The average Bonchev–Trinajstić information content (AvgIpc) is 2.37. The van der Waals surface area contributed by atoms with Gasteiger partial charge in [-0.3, -0.25) is 0 Å². The van der Waals surface area contributed by atoms with Crippen molar-refractivity contribution in [1.29, 1.82) is 0 Å². The first kappa shape index (κ1) is 16.1. The summed E-state index contributed by atoms with van der Waals surface area (Å²) in [6, 6.07) is 8.22. The fraction of sp³-hybridized carbons (Fsp3) is 0.571. The van der Waals surface area contributed by atoms with Gasteiger partial charge in [-0.25, -0.2) is 8.42 Å². The monoisotopic (exact) mass is 285 g/mol. The van der Waals surface area contributed by atoms with Crippen molar-refractivity contribution in [3.8, 4) is 0 Å². The summed E-state index contributed by atoms with van der Waals surface area (Å²) in [5.74, 6) is -0.260. The van der Waals surface area contributed by atoms with Crippen LogP contribution in [-0.2, 0) is 9.84 Å². The first-order valence-corrected chi connectivity index (χ1v) is 8.13. The van der Waals surface area contributed by atoms with Gasteiger partial charge in [0.25, 0.3) is 0 Å². The minimum absolute atomic E-state index is 0.0997. The summed E-state index contributed by atoms with van der Waals surface area (Å²) in [5, 5.41) is 13.0. The van der Waals surface area contributed by atoms with Crippen molar-refractivity contribution in [1.82, 2.24) is 5.32 Å². The van der Waals surface area contributed by atoms with Crippen molar-refractivity contribution in [2.75, 3.05) is 12.3 Å². The van der Waals surface area contributed by atoms with Crippen LogP contribution in [-0.4, -0.2) is 37.5 Å². The second kappa shape index (κ2) is 6.50. The largest absolute Gasteiger partial charge is 0.391 e. The molecule has 0 aliphatic rings. The number of aliphatic hydroxyl groups is 1. The van der Waals surface area contributed by atoms with Crippen LogP contribution in [0, 0.1) is 0 Å². The molecule has 0 radical (unpaired) electrons. The fourth-order valence-electron chi connectivity index (χ4n) is 1.56. The van der Waals surface area contributed by atoms with E-state index >= 15 is 0 Å². The first-order valence-electron chi connectivity index (χ1n) is 6.48. The summed E-state index contributed by atoms with van der Waals surface area (Å²) in [7, 11) is -3.42. The second-order valence-corrected chi connectivity index (χ2v) is 7.40. The van der Waals surface area contributed by atoms with Crippen molar-refractivity contribution >= 4 is 9.84 Å². The average molecular weight is 285 g/mol. The van der Waals surface area contributed by atoms with Gasteiger partial charge in [-0.1, -0.05) is 25.1 Å². The van der Waals surface area contributed by atoms with E-state index in [-0.39, 0.29) is 22.7 Å². The molecule has 2 N–H and O–H groups in total. The van der Waals surface area contributed by atoms with Crippen LogP contribution >= 0.6 is 0 Å². The minimum atomic E-state index is -3.42. The van der Waals surface area contributed by atoms with Gasteiger partial charge in [0.1, 0.15) is 0 Å². The Morgan fingerprint density at radius 1 is 1.26 bits per heavy atom. The summed E-state index contributed by atoms with van der Waals surface area (Å²) in [4.78, 5) is 0.254. The molecule has 0 aliphatic carbocycles. The fourth-order valence-corrected chi connectivity index (χ4v) is 2.94. The maximum atomic E-state index is 12.0. The molecule has 1 atom stereocenters. The molecule has 1 unspecified atom stereocenters. The van der Waals surface area contributed by atoms with Gasteiger partial charge >= 0.3 is 0 Å². The molecule has 0 bridgehead atoms. The van der Waals surface area contributed by atoms with E-state index in [0.29, 0.717) is 0 Å². The third-order valence-corrected chi connectivity index (χ3v) is 5.03. The molecule has 0 spiro atoms. The van der Waals surface area contributed by atoms with Gasteiger partial charge < -0.3 is 10.4 Å². The smallest absolute Gasteiger partial charge is 0.180 e. The molecular formula is C14H23NO3S. The van der Waals surface area contributed by atoms with Gasteiger partial charge in [0.05, 0.1) is 16.8 Å². The Morgan fingerprint density at radius 2 is 1.84 bits per heavy atom. The number of hydrogen-bond acceptors (Lipinski definition) is 4. The standard InChI is InChI=1S/C14H23NO3S/c1-4-14(2,3)15-10-12(16)11-19(17,18)13-8-6-5-7-9-13/h5-9,12,15-16H,4,10-11H2,1-3H3. The highest BCUT2D eigenvalue weighted by Gasteiger charge is 2.21. The van der Waals surface area contributed by atoms with Crippen molar-refractivity contribution < 1.29 is 13.5 Å². The first-order chi connectivity index (χ1) is 8.77. The lowest BCUT2D eigenvalue weighted by atomic mass is 10.0. The number of benzene rings is 1. The van der Waals surface area contributed by atoms with Gasteiger partial charge in [-0.15, -0.1) is 0 Å². The maximum Gasteiger partial charge on any atom is 0.180 e. The highest BCUT2D eigenvalue weighted by atomic mass is 32.2. The maximum absolute atomic E-state index is 12.0. The molecule has 19 heavy (non-hydrogen) atoms. The van der Waals surface area contributed by atoms with E-state index in [0.717, 1.165) is 6.42 Å². The predicted octanol–water partition coefficient (Wildman–Crippen LogP) is 1.60. The number of aliphatic hydroxyl groups excluding tert-OH is 1. The Balaban J connectivity index is 2.60. The molecule has 1 aromatic rings. The van der Waals surface area contributed by atoms with Gasteiger partial charge in [0.2, 0.25) is 0 Å². The van der Waals surface area contributed by atoms with Gasteiger partial charge in [0.15, 0.2) is 9.84 Å². The summed E-state index contributed by atoms with van der Waals surface area (Å²) in [6.07, 6.45) is 0.00144. The molecule has 0 saturated heterocycles. The van der Waals surface area contributed by atoms with Crippen LogP contribution in [0.1, 0.15) is 27.2 Å². The normalized spacial score (nSPS) is 14.3. The lowest BCUT2D eigenvalue weighted by Gasteiger charge is -2.26. The molecule has 0 aromatic heterocycles. The molecule has 0 amide bonds. The van der Waals surface area contributed by atoms with Crippen LogP contribution < -0.4 is 5.32 Å². The Kier molecular flexibility index (Phi) is 5.52. The van der Waals surface area contributed by atoms with Gasteiger partial charge in [-0.05, 0) is 32.4 Å². The Bertz CT molecular complexity index is 483. The summed E-state index contributed by atoms with van der Waals surface area (Å²) in [5.41, 5.74) is -0.0997.